The van der Waals surface area contributed by atoms with Crippen LogP contribution in [0.5, 0.6) is 0 Å². The van der Waals surface area contributed by atoms with Crippen LogP contribution in [0.15, 0.2) is 24.5 Å². The van der Waals surface area contributed by atoms with Gasteiger partial charge in [0, 0.05) is 55.6 Å². The number of nitrogens with zero attached hydrogens (tertiary/aromatic N) is 6. The minimum Gasteiger partial charge on any atom is -0.351 e. The number of halogens is 1. The molecular formula is C31H41ClN8O3. The Morgan fingerprint density at radius 1 is 1.07 bits per heavy atom. The van der Waals surface area contributed by atoms with Gasteiger partial charge in [-0.25, -0.2) is 14.8 Å². The second-order valence-corrected chi connectivity index (χ2v) is 13.3. The number of rotatable bonds is 6. The molecule has 12 heteroatoms. The van der Waals surface area contributed by atoms with Crippen LogP contribution in [0, 0.1) is 17.8 Å². The molecule has 3 fully saturated rings. The summed E-state index contributed by atoms with van der Waals surface area (Å²) in [6.45, 7) is 12.7. The highest BCUT2D eigenvalue weighted by Gasteiger charge is 2.37. The molecular weight excluding hydrogens is 568 g/mol. The summed E-state index contributed by atoms with van der Waals surface area (Å²) in [6.07, 6.45) is 6.94. The third-order valence-corrected chi connectivity index (χ3v) is 9.27. The maximum Gasteiger partial charge on any atom is 0.427 e. The number of fused-ring (bicyclic) bond motifs is 1. The van der Waals surface area contributed by atoms with Gasteiger partial charge in [0.05, 0.1) is 27.4 Å². The van der Waals surface area contributed by atoms with Crippen LogP contribution in [0.4, 0.5) is 10.7 Å². The number of nitrogens with one attached hydrogen (secondary N) is 2. The van der Waals surface area contributed by atoms with E-state index in [4.69, 9.17) is 26.4 Å². The lowest BCUT2D eigenvalue weighted by atomic mass is 9.83. The van der Waals surface area contributed by atoms with Crippen molar-refractivity contribution in [2.45, 2.75) is 85.1 Å². The molecule has 2 N–H and O–H groups in total. The van der Waals surface area contributed by atoms with Gasteiger partial charge in [0.25, 0.3) is 0 Å². The first-order chi connectivity index (χ1) is 20.6. The van der Waals surface area contributed by atoms with Crippen molar-refractivity contribution < 1.29 is 14.4 Å². The van der Waals surface area contributed by atoms with Gasteiger partial charge >= 0.3 is 6.09 Å². The first kappa shape index (κ1) is 29.6. The van der Waals surface area contributed by atoms with Crippen LogP contribution in [0.3, 0.4) is 0 Å². The number of aromatic nitrogens is 4. The van der Waals surface area contributed by atoms with Gasteiger partial charge in [0.1, 0.15) is 0 Å². The molecule has 0 radical (unpaired) electrons. The Morgan fingerprint density at radius 2 is 1.79 bits per heavy atom. The van der Waals surface area contributed by atoms with Crippen LogP contribution >= 0.6 is 11.6 Å². The number of hydrogen-bond donors (Lipinski definition) is 2. The second-order valence-electron chi connectivity index (χ2n) is 12.9. The summed E-state index contributed by atoms with van der Waals surface area (Å²) in [5, 5.41) is 3.27. The lowest BCUT2D eigenvalue weighted by molar-refractivity contribution is -0.135. The molecule has 230 valence electrons. The molecule has 2 amide bonds. The predicted molar refractivity (Wildman–Crippen MR) is 165 cm³/mol. The van der Waals surface area contributed by atoms with Crippen molar-refractivity contribution in [2.24, 2.45) is 17.8 Å². The number of piperazine rings is 1. The van der Waals surface area contributed by atoms with E-state index in [0.717, 1.165) is 47.8 Å². The van der Waals surface area contributed by atoms with E-state index >= 15 is 0 Å². The molecule has 0 aromatic carbocycles. The molecule has 0 bridgehead atoms. The Kier molecular flexibility index (Phi) is 8.21. The maximum atomic E-state index is 13.0. The molecule has 1 aliphatic carbocycles. The SMILES string of the molecule is CC1CCC(Cn2c(N3[C@H](C)CN(C(=O)C(C)C)C[C@H]3C)nc3cc(C4NOC(=O)N4)nc(-c4cncc(Cl)c4)c32)CC1. The summed E-state index contributed by atoms with van der Waals surface area (Å²) in [6, 6.07) is 3.89. The quantitative estimate of drug-likeness (QED) is 0.387. The lowest BCUT2D eigenvalue weighted by Gasteiger charge is -2.45. The van der Waals surface area contributed by atoms with Crippen LogP contribution in [0.1, 0.15) is 72.2 Å². The van der Waals surface area contributed by atoms with E-state index in [9.17, 15) is 9.59 Å². The van der Waals surface area contributed by atoms with Gasteiger partial charge in [0.2, 0.25) is 11.9 Å². The van der Waals surface area contributed by atoms with Crippen molar-refractivity contribution in [1.29, 1.82) is 0 Å². The lowest BCUT2D eigenvalue weighted by Crippen LogP contribution is -2.59. The molecule has 3 atom stereocenters. The number of carbonyl (C=O) groups is 2. The van der Waals surface area contributed by atoms with Gasteiger partial charge in [-0.3, -0.25) is 15.1 Å². The van der Waals surface area contributed by atoms with Crippen molar-refractivity contribution in [2.75, 3.05) is 18.0 Å². The maximum absolute atomic E-state index is 13.0. The van der Waals surface area contributed by atoms with Gasteiger partial charge < -0.3 is 19.2 Å². The summed E-state index contributed by atoms with van der Waals surface area (Å²) >= 11 is 6.43. The second kappa shape index (κ2) is 11.9. The normalized spacial score (nSPS) is 26.2. The van der Waals surface area contributed by atoms with E-state index in [1.807, 2.05) is 30.9 Å². The fraction of sp³-hybridized carbons (Fsp3) is 0.581. The number of imidazole rings is 1. The molecule has 1 saturated carbocycles. The summed E-state index contributed by atoms with van der Waals surface area (Å²) < 4.78 is 2.34. The van der Waals surface area contributed by atoms with E-state index in [1.165, 1.54) is 12.8 Å². The van der Waals surface area contributed by atoms with Gasteiger partial charge in [-0.15, -0.1) is 5.48 Å². The van der Waals surface area contributed by atoms with Crippen LogP contribution in [-0.2, 0) is 16.2 Å². The average molecular weight is 609 g/mol. The minimum absolute atomic E-state index is 0.0451. The molecule has 43 heavy (non-hydrogen) atoms. The molecule has 6 rings (SSSR count). The predicted octanol–water partition coefficient (Wildman–Crippen LogP) is 5.30. The molecule has 3 aromatic rings. The number of pyridine rings is 2. The van der Waals surface area contributed by atoms with E-state index in [0.29, 0.717) is 35.4 Å². The average Bonchev–Trinajstić information content (AvgIpc) is 3.56. The highest BCUT2D eigenvalue weighted by molar-refractivity contribution is 6.30. The Morgan fingerprint density at radius 3 is 2.42 bits per heavy atom. The van der Waals surface area contributed by atoms with Gasteiger partial charge in [-0.1, -0.05) is 45.2 Å². The van der Waals surface area contributed by atoms with Gasteiger partial charge in [-0.2, -0.15) is 0 Å². The minimum atomic E-state index is -0.625. The largest absolute Gasteiger partial charge is 0.427 e. The van der Waals surface area contributed by atoms with Crippen LogP contribution in [0.25, 0.3) is 22.3 Å². The molecule has 0 spiro atoms. The molecule has 5 heterocycles. The highest BCUT2D eigenvalue weighted by Crippen LogP contribution is 2.38. The first-order valence-corrected chi connectivity index (χ1v) is 15.8. The molecule has 2 saturated heterocycles. The van der Waals surface area contributed by atoms with Crippen molar-refractivity contribution in [3.8, 4) is 11.3 Å². The fourth-order valence-electron chi connectivity index (χ4n) is 6.88. The van der Waals surface area contributed by atoms with Crippen molar-refractivity contribution in [3.63, 3.8) is 0 Å². The summed E-state index contributed by atoms with van der Waals surface area (Å²) in [5.74, 6) is 2.27. The number of hydroxylamine groups is 1. The summed E-state index contributed by atoms with van der Waals surface area (Å²) in [7, 11) is 0. The van der Waals surface area contributed by atoms with Crippen LogP contribution in [-0.4, -0.2) is 61.6 Å². The smallest absolute Gasteiger partial charge is 0.351 e. The number of hydrogen-bond acceptors (Lipinski definition) is 8. The van der Waals surface area contributed by atoms with E-state index in [1.54, 1.807) is 12.4 Å². The Balaban J connectivity index is 1.51. The molecule has 3 aromatic heterocycles. The van der Waals surface area contributed by atoms with E-state index in [2.05, 4.69) is 46.0 Å². The van der Waals surface area contributed by atoms with E-state index < -0.39 is 12.3 Å². The monoisotopic (exact) mass is 608 g/mol. The Hall–Kier alpha value is -3.44. The zero-order chi connectivity index (χ0) is 30.4. The van der Waals surface area contributed by atoms with Crippen molar-refractivity contribution in [1.82, 2.24) is 35.2 Å². The summed E-state index contributed by atoms with van der Waals surface area (Å²) in [4.78, 5) is 48.9. The molecule has 1 unspecified atom stereocenters. The Labute approximate surface area is 257 Å². The molecule has 11 nitrogen and oxygen atoms in total. The van der Waals surface area contributed by atoms with Crippen molar-refractivity contribution in [3.05, 3.63) is 35.2 Å². The standard InChI is InChI=1S/C31H41ClN8O3/c1-17(2)29(41)38-14-19(4)40(20(5)15-38)30-35-24-11-25(28-36-31(42)43-37-28)34-26(22-10-23(32)13-33-12-22)27(24)39(30)16-21-8-6-18(3)7-9-21/h10-13,17-21,28,37H,6-9,14-16H2,1-5H3,(H,36,42)/t18?,19-,20-,21?,28?/m1/s1. The first-order valence-electron chi connectivity index (χ1n) is 15.4. The summed E-state index contributed by atoms with van der Waals surface area (Å²) in [5.41, 5.74) is 6.44. The molecule has 3 aliphatic rings. The topological polar surface area (TPSA) is 118 Å². The molecule has 2 aliphatic heterocycles. The van der Waals surface area contributed by atoms with Crippen molar-refractivity contribution >= 4 is 40.6 Å². The number of carbonyl (C=O) groups excluding carboxylic acids is 2. The zero-order valence-electron chi connectivity index (χ0n) is 25.5. The number of amides is 2. The highest BCUT2D eigenvalue weighted by atomic mass is 35.5. The fourth-order valence-corrected chi connectivity index (χ4v) is 7.05. The number of anilines is 1. The van der Waals surface area contributed by atoms with Crippen LogP contribution in [0.2, 0.25) is 5.02 Å². The third-order valence-electron chi connectivity index (χ3n) is 9.06. The van der Waals surface area contributed by atoms with Gasteiger partial charge in [0.15, 0.2) is 6.17 Å². The van der Waals surface area contributed by atoms with E-state index in [-0.39, 0.29) is 23.9 Å². The third kappa shape index (κ3) is 5.89. The zero-order valence-corrected chi connectivity index (χ0v) is 26.3. The van der Waals surface area contributed by atoms with Crippen LogP contribution < -0.4 is 15.7 Å². The Bertz CT molecular complexity index is 1510. The van der Waals surface area contributed by atoms with Gasteiger partial charge in [-0.05, 0) is 50.7 Å².